The molecule has 1 N–H and O–H groups in total. The molecule has 20 heavy (non-hydrogen) atoms. The standard InChI is InChI=1S/C16H10ClN3/c17-11-6-7-12-13-9-18-15(10-4-2-1-3-5-10)20-16(13)19-14(12)8-11/h1-9H,(H,18,19,20). The molecule has 4 rings (SSSR count). The van der Waals surface area contributed by atoms with E-state index in [4.69, 9.17) is 11.6 Å². The highest BCUT2D eigenvalue weighted by Crippen LogP contribution is 2.27. The second kappa shape index (κ2) is 4.32. The van der Waals surface area contributed by atoms with Crippen LogP contribution in [0.2, 0.25) is 5.02 Å². The van der Waals surface area contributed by atoms with Crippen LogP contribution in [0, 0.1) is 0 Å². The van der Waals surface area contributed by atoms with Crippen LogP contribution in [-0.4, -0.2) is 15.0 Å². The van der Waals surface area contributed by atoms with E-state index in [9.17, 15) is 0 Å². The van der Waals surface area contributed by atoms with Gasteiger partial charge in [0.2, 0.25) is 0 Å². The molecule has 0 saturated carbocycles. The molecule has 0 amide bonds. The molecule has 0 unspecified atom stereocenters. The number of halogens is 1. The first-order valence-electron chi connectivity index (χ1n) is 6.31. The van der Waals surface area contributed by atoms with Crippen molar-refractivity contribution in [3.05, 3.63) is 59.8 Å². The molecule has 0 aliphatic carbocycles. The van der Waals surface area contributed by atoms with Crippen molar-refractivity contribution in [1.82, 2.24) is 15.0 Å². The lowest BCUT2D eigenvalue weighted by Gasteiger charge is -1.99. The molecule has 0 radical (unpaired) electrons. The van der Waals surface area contributed by atoms with E-state index in [2.05, 4.69) is 15.0 Å². The maximum Gasteiger partial charge on any atom is 0.161 e. The minimum atomic E-state index is 0.709. The Morgan fingerprint density at radius 2 is 1.80 bits per heavy atom. The predicted molar refractivity (Wildman–Crippen MR) is 81.8 cm³/mol. The van der Waals surface area contributed by atoms with Crippen molar-refractivity contribution in [2.24, 2.45) is 0 Å². The number of hydrogen-bond donors (Lipinski definition) is 1. The van der Waals surface area contributed by atoms with E-state index in [0.717, 1.165) is 33.3 Å². The number of fused-ring (bicyclic) bond motifs is 3. The summed E-state index contributed by atoms with van der Waals surface area (Å²) < 4.78 is 0. The zero-order valence-electron chi connectivity index (χ0n) is 10.5. The van der Waals surface area contributed by atoms with Crippen LogP contribution in [0.3, 0.4) is 0 Å². The third-order valence-electron chi connectivity index (χ3n) is 3.35. The van der Waals surface area contributed by atoms with E-state index in [1.165, 1.54) is 0 Å². The Labute approximate surface area is 120 Å². The molecule has 3 nitrogen and oxygen atoms in total. The lowest BCUT2D eigenvalue weighted by atomic mass is 10.2. The maximum atomic E-state index is 6.02. The molecule has 2 heterocycles. The molecule has 96 valence electrons. The van der Waals surface area contributed by atoms with Crippen LogP contribution in [0.4, 0.5) is 0 Å². The first kappa shape index (κ1) is 11.4. The second-order valence-electron chi connectivity index (χ2n) is 4.64. The number of H-pyrrole nitrogens is 1. The number of aromatic amines is 1. The molecule has 0 atom stereocenters. The van der Waals surface area contributed by atoms with Crippen molar-refractivity contribution in [2.45, 2.75) is 0 Å². The van der Waals surface area contributed by atoms with Crippen molar-refractivity contribution >= 4 is 33.5 Å². The van der Waals surface area contributed by atoms with Crippen LogP contribution in [-0.2, 0) is 0 Å². The number of rotatable bonds is 1. The highest BCUT2D eigenvalue weighted by molar-refractivity contribution is 6.31. The Bertz CT molecular complexity index is 913. The minimum Gasteiger partial charge on any atom is -0.339 e. The van der Waals surface area contributed by atoms with Gasteiger partial charge in [0.1, 0.15) is 5.65 Å². The zero-order valence-corrected chi connectivity index (χ0v) is 11.2. The summed E-state index contributed by atoms with van der Waals surface area (Å²) in [7, 11) is 0. The molecule has 0 aliphatic rings. The quantitative estimate of drug-likeness (QED) is 0.560. The van der Waals surface area contributed by atoms with Gasteiger partial charge in [0.05, 0.1) is 0 Å². The smallest absolute Gasteiger partial charge is 0.161 e. The van der Waals surface area contributed by atoms with Gasteiger partial charge in [-0.1, -0.05) is 48.0 Å². The number of nitrogens with zero attached hydrogens (tertiary/aromatic N) is 2. The summed E-state index contributed by atoms with van der Waals surface area (Å²) in [5, 5.41) is 2.81. The summed E-state index contributed by atoms with van der Waals surface area (Å²) in [6.45, 7) is 0. The summed E-state index contributed by atoms with van der Waals surface area (Å²) in [4.78, 5) is 12.4. The average Bonchev–Trinajstić information content (AvgIpc) is 2.84. The first-order chi connectivity index (χ1) is 9.81. The van der Waals surface area contributed by atoms with E-state index in [1.807, 2.05) is 54.7 Å². The lowest BCUT2D eigenvalue weighted by molar-refractivity contribution is 1.21. The molecule has 0 bridgehead atoms. The Morgan fingerprint density at radius 3 is 2.65 bits per heavy atom. The van der Waals surface area contributed by atoms with Gasteiger partial charge in [0.15, 0.2) is 5.82 Å². The maximum absolute atomic E-state index is 6.02. The van der Waals surface area contributed by atoms with E-state index in [0.29, 0.717) is 5.02 Å². The molecule has 2 aromatic carbocycles. The summed E-state index contributed by atoms with van der Waals surface area (Å²) >= 11 is 6.02. The van der Waals surface area contributed by atoms with Gasteiger partial charge in [0.25, 0.3) is 0 Å². The van der Waals surface area contributed by atoms with Crippen molar-refractivity contribution in [2.75, 3.05) is 0 Å². The Morgan fingerprint density at radius 1 is 0.950 bits per heavy atom. The normalized spacial score (nSPS) is 11.2. The van der Waals surface area contributed by atoms with E-state index in [1.54, 1.807) is 0 Å². The second-order valence-corrected chi connectivity index (χ2v) is 5.07. The van der Waals surface area contributed by atoms with Gasteiger partial charge in [-0.3, -0.25) is 0 Å². The Balaban J connectivity index is 1.98. The monoisotopic (exact) mass is 279 g/mol. The number of nitrogens with one attached hydrogen (secondary N) is 1. The van der Waals surface area contributed by atoms with Gasteiger partial charge in [-0.25, -0.2) is 9.97 Å². The highest BCUT2D eigenvalue weighted by Gasteiger charge is 2.08. The van der Waals surface area contributed by atoms with Gasteiger partial charge in [0, 0.05) is 33.1 Å². The average molecular weight is 280 g/mol. The summed E-state index contributed by atoms with van der Waals surface area (Å²) in [5.74, 6) is 0.718. The minimum absolute atomic E-state index is 0.709. The number of benzene rings is 2. The van der Waals surface area contributed by atoms with Crippen LogP contribution < -0.4 is 0 Å². The zero-order chi connectivity index (χ0) is 13.5. The van der Waals surface area contributed by atoms with Crippen LogP contribution in [0.5, 0.6) is 0 Å². The van der Waals surface area contributed by atoms with Crippen molar-refractivity contribution in [3.63, 3.8) is 0 Å². The topological polar surface area (TPSA) is 41.6 Å². The molecule has 2 aromatic heterocycles. The molecule has 0 saturated heterocycles. The van der Waals surface area contributed by atoms with Gasteiger partial charge < -0.3 is 4.98 Å². The van der Waals surface area contributed by atoms with Crippen LogP contribution in [0.25, 0.3) is 33.3 Å². The van der Waals surface area contributed by atoms with Gasteiger partial charge in [-0.15, -0.1) is 0 Å². The third-order valence-corrected chi connectivity index (χ3v) is 3.58. The summed E-state index contributed by atoms with van der Waals surface area (Å²) in [5.41, 5.74) is 2.81. The van der Waals surface area contributed by atoms with Gasteiger partial charge in [-0.2, -0.15) is 0 Å². The molecule has 0 fully saturated rings. The van der Waals surface area contributed by atoms with Gasteiger partial charge in [-0.05, 0) is 12.1 Å². The number of hydrogen-bond acceptors (Lipinski definition) is 2. The van der Waals surface area contributed by atoms with E-state index >= 15 is 0 Å². The SMILES string of the molecule is Clc1ccc2c(c1)[nH]c1nc(-c3ccccc3)ncc12. The summed E-state index contributed by atoms with van der Waals surface area (Å²) in [6, 6.07) is 15.7. The summed E-state index contributed by atoms with van der Waals surface area (Å²) in [6.07, 6.45) is 1.86. The fourth-order valence-electron chi connectivity index (χ4n) is 2.38. The Hall–Kier alpha value is -2.39. The molecular weight excluding hydrogens is 270 g/mol. The number of aromatic nitrogens is 3. The fourth-order valence-corrected chi connectivity index (χ4v) is 2.55. The first-order valence-corrected chi connectivity index (χ1v) is 6.68. The van der Waals surface area contributed by atoms with Crippen molar-refractivity contribution < 1.29 is 0 Å². The van der Waals surface area contributed by atoms with Crippen molar-refractivity contribution in [3.8, 4) is 11.4 Å². The fraction of sp³-hybridized carbons (Fsp3) is 0. The Kier molecular flexibility index (Phi) is 2.47. The van der Waals surface area contributed by atoms with E-state index < -0.39 is 0 Å². The molecule has 4 aromatic rings. The molecular formula is C16H10ClN3. The lowest BCUT2D eigenvalue weighted by Crippen LogP contribution is -1.88. The van der Waals surface area contributed by atoms with Crippen molar-refractivity contribution in [1.29, 1.82) is 0 Å². The van der Waals surface area contributed by atoms with Gasteiger partial charge >= 0.3 is 0 Å². The third kappa shape index (κ3) is 1.75. The predicted octanol–water partition coefficient (Wildman–Crippen LogP) is 4.43. The largest absolute Gasteiger partial charge is 0.339 e. The molecule has 0 spiro atoms. The molecule has 0 aliphatic heterocycles. The van der Waals surface area contributed by atoms with E-state index in [-0.39, 0.29) is 0 Å². The van der Waals surface area contributed by atoms with Crippen LogP contribution in [0.1, 0.15) is 0 Å². The highest BCUT2D eigenvalue weighted by atomic mass is 35.5. The van der Waals surface area contributed by atoms with Crippen LogP contribution in [0.15, 0.2) is 54.7 Å². The molecule has 4 heteroatoms. The van der Waals surface area contributed by atoms with Crippen LogP contribution >= 0.6 is 11.6 Å².